The van der Waals surface area contributed by atoms with Crippen LogP contribution in [-0.4, -0.2) is 31.1 Å². The summed E-state index contributed by atoms with van der Waals surface area (Å²) in [4.78, 5) is 6.49. The van der Waals surface area contributed by atoms with Crippen molar-refractivity contribution in [3.8, 4) is 0 Å². The van der Waals surface area contributed by atoms with Gasteiger partial charge < -0.3 is 15.4 Å². The largest absolute Gasteiger partial charge is 0.380 e. The van der Waals surface area contributed by atoms with Crippen LogP contribution in [0.15, 0.2) is 29.3 Å². The van der Waals surface area contributed by atoms with Gasteiger partial charge in [-0.15, -0.1) is 24.0 Å². The van der Waals surface area contributed by atoms with Crippen LogP contribution in [0.2, 0.25) is 0 Å². The van der Waals surface area contributed by atoms with Gasteiger partial charge in [0.1, 0.15) is 0 Å². The van der Waals surface area contributed by atoms with Crippen LogP contribution in [0.3, 0.4) is 0 Å². The molecular formula is C14H22IN3O. The van der Waals surface area contributed by atoms with Gasteiger partial charge in [0.15, 0.2) is 5.96 Å². The molecule has 4 nitrogen and oxygen atoms in total. The van der Waals surface area contributed by atoms with Gasteiger partial charge in [-0.2, -0.15) is 0 Å². The number of nitrogens with zero attached hydrogens (tertiary/aromatic N) is 2. The van der Waals surface area contributed by atoms with E-state index >= 15 is 0 Å². The molecule has 0 spiro atoms. The second-order valence-electron chi connectivity index (χ2n) is 4.77. The normalized spacial score (nSPS) is 14.9. The number of halogens is 1. The van der Waals surface area contributed by atoms with Gasteiger partial charge in [-0.05, 0) is 24.0 Å². The Morgan fingerprint density at radius 2 is 1.89 bits per heavy atom. The van der Waals surface area contributed by atoms with Crippen LogP contribution in [0, 0.1) is 0 Å². The number of benzene rings is 1. The van der Waals surface area contributed by atoms with E-state index in [0.29, 0.717) is 25.2 Å². The third kappa shape index (κ3) is 4.99. The predicted molar refractivity (Wildman–Crippen MR) is 88.7 cm³/mol. The van der Waals surface area contributed by atoms with Gasteiger partial charge in [0.2, 0.25) is 0 Å². The molecule has 2 N–H and O–H groups in total. The smallest absolute Gasteiger partial charge is 0.191 e. The van der Waals surface area contributed by atoms with Crippen molar-refractivity contribution in [3.05, 3.63) is 35.4 Å². The Balaban J connectivity index is 0.00000180. The van der Waals surface area contributed by atoms with Gasteiger partial charge in [0.05, 0.1) is 13.2 Å². The van der Waals surface area contributed by atoms with Crippen LogP contribution < -0.4 is 5.73 Å². The standard InChI is InChI=1S/C14H21N3O.HI/c1-17(13-7-8-13)14(15)16-9-11-3-5-12(6-4-11)10-18-2;/h3-6,13H,7-10H2,1-2H3,(H2,15,16);1H. The second-order valence-corrected chi connectivity index (χ2v) is 4.77. The molecule has 19 heavy (non-hydrogen) atoms. The van der Waals surface area contributed by atoms with Crippen LogP contribution in [0.5, 0.6) is 0 Å². The second kappa shape index (κ2) is 7.69. The van der Waals surface area contributed by atoms with Crippen molar-refractivity contribution < 1.29 is 4.74 Å². The molecule has 106 valence electrons. The van der Waals surface area contributed by atoms with Gasteiger partial charge in [0.25, 0.3) is 0 Å². The highest BCUT2D eigenvalue weighted by Gasteiger charge is 2.27. The quantitative estimate of drug-likeness (QED) is 0.489. The summed E-state index contributed by atoms with van der Waals surface area (Å²) in [6.07, 6.45) is 2.47. The van der Waals surface area contributed by atoms with Crippen LogP contribution in [0.1, 0.15) is 24.0 Å². The molecule has 0 amide bonds. The molecule has 1 aromatic carbocycles. The van der Waals surface area contributed by atoms with Gasteiger partial charge in [0, 0.05) is 20.2 Å². The minimum absolute atomic E-state index is 0. The fourth-order valence-corrected chi connectivity index (χ4v) is 1.84. The summed E-state index contributed by atoms with van der Waals surface area (Å²) in [6.45, 7) is 1.28. The number of aliphatic imine (C=N–C) groups is 1. The lowest BCUT2D eigenvalue weighted by Crippen LogP contribution is -2.35. The van der Waals surface area contributed by atoms with Crippen molar-refractivity contribution in [2.24, 2.45) is 10.7 Å². The zero-order valence-corrected chi connectivity index (χ0v) is 13.8. The summed E-state index contributed by atoms with van der Waals surface area (Å²) < 4.78 is 5.08. The average molecular weight is 375 g/mol. The summed E-state index contributed by atoms with van der Waals surface area (Å²) in [7, 11) is 3.71. The molecule has 0 radical (unpaired) electrons. The molecule has 0 heterocycles. The number of hydrogen-bond donors (Lipinski definition) is 1. The van der Waals surface area contributed by atoms with Crippen LogP contribution in [-0.2, 0) is 17.9 Å². The van der Waals surface area contributed by atoms with Crippen LogP contribution >= 0.6 is 24.0 Å². The summed E-state index contributed by atoms with van der Waals surface area (Å²) >= 11 is 0. The number of guanidine groups is 1. The highest BCUT2D eigenvalue weighted by molar-refractivity contribution is 14.0. The Hall–Kier alpha value is -0.820. The maximum Gasteiger partial charge on any atom is 0.191 e. The number of methoxy groups -OCH3 is 1. The summed E-state index contributed by atoms with van der Waals surface area (Å²) in [5, 5.41) is 0. The van der Waals surface area contributed by atoms with E-state index in [2.05, 4.69) is 34.2 Å². The topological polar surface area (TPSA) is 50.9 Å². The first-order valence-electron chi connectivity index (χ1n) is 6.30. The first-order chi connectivity index (χ1) is 8.70. The molecule has 0 bridgehead atoms. The van der Waals surface area contributed by atoms with E-state index in [0.717, 1.165) is 0 Å². The minimum atomic E-state index is 0. The highest BCUT2D eigenvalue weighted by atomic mass is 127. The van der Waals surface area contributed by atoms with E-state index in [9.17, 15) is 0 Å². The maximum absolute atomic E-state index is 5.94. The van der Waals surface area contributed by atoms with E-state index in [-0.39, 0.29) is 24.0 Å². The van der Waals surface area contributed by atoms with E-state index < -0.39 is 0 Å². The molecule has 0 aromatic heterocycles. The molecule has 1 saturated carbocycles. The average Bonchev–Trinajstić information content (AvgIpc) is 3.21. The maximum atomic E-state index is 5.94. The number of ether oxygens (including phenoxy) is 1. The SMILES string of the molecule is COCc1ccc(CN=C(N)N(C)C2CC2)cc1.I. The zero-order chi connectivity index (χ0) is 13.0. The van der Waals surface area contributed by atoms with E-state index in [1.165, 1.54) is 24.0 Å². The molecule has 5 heteroatoms. The van der Waals surface area contributed by atoms with Crippen molar-refractivity contribution >= 4 is 29.9 Å². The molecular weight excluding hydrogens is 353 g/mol. The molecule has 1 aliphatic rings. The lowest BCUT2D eigenvalue weighted by molar-refractivity contribution is 0.185. The number of hydrogen-bond acceptors (Lipinski definition) is 2. The predicted octanol–water partition coefficient (Wildman–Crippen LogP) is 2.36. The van der Waals surface area contributed by atoms with Gasteiger partial charge in [-0.3, -0.25) is 0 Å². The molecule has 0 atom stereocenters. The number of rotatable bonds is 5. The van der Waals surface area contributed by atoms with E-state index in [4.69, 9.17) is 10.5 Å². The lowest BCUT2D eigenvalue weighted by atomic mass is 10.1. The van der Waals surface area contributed by atoms with E-state index in [1.807, 2.05) is 7.05 Å². The fraction of sp³-hybridized carbons (Fsp3) is 0.500. The Kier molecular flexibility index (Phi) is 6.57. The highest BCUT2D eigenvalue weighted by Crippen LogP contribution is 2.24. The van der Waals surface area contributed by atoms with Crippen LogP contribution in [0.25, 0.3) is 0 Å². The Morgan fingerprint density at radius 3 is 2.42 bits per heavy atom. The monoisotopic (exact) mass is 375 g/mol. The zero-order valence-electron chi connectivity index (χ0n) is 11.5. The van der Waals surface area contributed by atoms with Crippen molar-refractivity contribution in [2.45, 2.75) is 32.0 Å². The molecule has 0 aliphatic heterocycles. The Morgan fingerprint density at radius 1 is 1.32 bits per heavy atom. The molecule has 2 rings (SSSR count). The summed E-state index contributed by atoms with van der Waals surface area (Å²) in [5.41, 5.74) is 8.28. The molecule has 0 saturated heterocycles. The molecule has 1 fully saturated rings. The first-order valence-corrected chi connectivity index (χ1v) is 6.30. The Labute approximate surface area is 132 Å². The minimum Gasteiger partial charge on any atom is -0.380 e. The third-order valence-corrected chi connectivity index (χ3v) is 3.21. The summed E-state index contributed by atoms with van der Waals surface area (Å²) in [5.74, 6) is 0.637. The van der Waals surface area contributed by atoms with Crippen molar-refractivity contribution in [1.82, 2.24) is 4.90 Å². The molecule has 1 aromatic rings. The molecule has 1 aliphatic carbocycles. The van der Waals surface area contributed by atoms with Crippen molar-refractivity contribution in [2.75, 3.05) is 14.2 Å². The number of nitrogens with two attached hydrogens (primary N) is 1. The van der Waals surface area contributed by atoms with E-state index in [1.54, 1.807) is 7.11 Å². The van der Waals surface area contributed by atoms with Crippen molar-refractivity contribution in [1.29, 1.82) is 0 Å². The van der Waals surface area contributed by atoms with Crippen molar-refractivity contribution in [3.63, 3.8) is 0 Å². The van der Waals surface area contributed by atoms with Gasteiger partial charge in [-0.25, -0.2) is 4.99 Å². The fourth-order valence-electron chi connectivity index (χ4n) is 1.84. The first kappa shape index (κ1) is 16.2. The van der Waals surface area contributed by atoms with Gasteiger partial charge >= 0.3 is 0 Å². The lowest BCUT2D eigenvalue weighted by Gasteiger charge is -2.16. The van der Waals surface area contributed by atoms with Crippen LogP contribution in [0.4, 0.5) is 0 Å². The third-order valence-electron chi connectivity index (χ3n) is 3.21. The summed E-state index contributed by atoms with van der Waals surface area (Å²) in [6, 6.07) is 8.88. The Bertz CT molecular complexity index is 415. The molecule has 0 unspecified atom stereocenters. The van der Waals surface area contributed by atoms with Gasteiger partial charge in [-0.1, -0.05) is 24.3 Å².